The SMILES string of the molecule is CCC(C)=CC1CCC(C)C2CCC=C12. The van der Waals surface area contributed by atoms with Gasteiger partial charge in [-0.05, 0) is 56.8 Å². The van der Waals surface area contributed by atoms with Gasteiger partial charge in [-0.15, -0.1) is 0 Å². The van der Waals surface area contributed by atoms with E-state index in [2.05, 4.69) is 32.9 Å². The van der Waals surface area contributed by atoms with E-state index in [9.17, 15) is 0 Å². The minimum Gasteiger partial charge on any atom is -0.0844 e. The van der Waals surface area contributed by atoms with Gasteiger partial charge in [0, 0.05) is 0 Å². The molecule has 0 aromatic rings. The Balaban J connectivity index is 2.14. The van der Waals surface area contributed by atoms with Crippen molar-refractivity contribution in [3.05, 3.63) is 23.3 Å². The maximum absolute atomic E-state index is 2.54. The third-order valence-electron chi connectivity index (χ3n) is 4.38. The van der Waals surface area contributed by atoms with E-state index < -0.39 is 0 Å². The fourth-order valence-electron chi connectivity index (χ4n) is 3.24. The Hall–Kier alpha value is -0.520. The fraction of sp³-hybridized carbons (Fsp3) is 0.733. The normalized spacial score (nSPS) is 36.3. The van der Waals surface area contributed by atoms with E-state index in [-0.39, 0.29) is 0 Å². The minimum atomic E-state index is 0.786. The highest BCUT2D eigenvalue weighted by molar-refractivity contribution is 5.25. The molecule has 3 unspecified atom stereocenters. The van der Waals surface area contributed by atoms with Crippen LogP contribution in [0.2, 0.25) is 0 Å². The Labute approximate surface area is 94.5 Å². The van der Waals surface area contributed by atoms with Crippen LogP contribution < -0.4 is 0 Å². The van der Waals surface area contributed by atoms with Gasteiger partial charge < -0.3 is 0 Å². The topological polar surface area (TPSA) is 0 Å². The van der Waals surface area contributed by atoms with Crippen molar-refractivity contribution in [3.8, 4) is 0 Å². The second-order valence-corrected chi connectivity index (χ2v) is 5.42. The summed E-state index contributed by atoms with van der Waals surface area (Å²) in [7, 11) is 0. The number of fused-ring (bicyclic) bond motifs is 1. The van der Waals surface area contributed by atoms with Crippen LogP contribution in [0.25, 0.3) is 0 Å². The summed E-state index contributed by atoms with van der Waals surface area (Å²) in [4.78, 5) is 0. The first-order valence-corrected chi connectivity index (χ1v) is 6.59. The second kappa shape index (κ2) is 4.55. The van der Waals surface area contributed by atoms with Gasteiger partial charge in [-0.2, -0.15) is 0 Å². The lowest BCUT2D eigenvalue weighted by molar-refractivity contribution is 0.300. The molecule has 3 atom stereocenters. The zero-order valence-corrected chi connectivity index (χ0v) is 10.4. The quantitative estimate of drug-likeness (QED) is 0.571. The number of allylic oxidation sites excluding steroid dienone is 4. The summed E-state index contributed by atoms with van der Waals surface area (Å²) in [6.45, 7) is 6.98. The molecule has 1 fully saturated rings. The van der Waals surface area contributed by atoms with Crippen molar-refractivity contribution in [1.29, 1.82) is 0 Å². The van der Waals surface area contributed by atoms with Crippen molar-refractivity contribution in [2.24, 2.45) is 17.8 Å². The number of hydrogen-bond acceptors (Lipinski definition) is 0. The highest BCUT2D eigenvalue weighted by atomic mass is 14.4. The van der Waals surface area contributed by atoms with Gasteiger partial charge >= 0.3 is 0 Å². The first-order valence-electron chi connectivity index (χ1n) is 6.59. The van der Waals surface area contributed by atoms with Crippen LogP contribution in [0.3, 0.4) is 0 Å². The maximum atomic E-state index is 2.54. The van der Waals surface area contributed by atoms with Gasteiger partial charge in [0.25, 0.3) is 0 Å². The van der Waals surface area contributed by atoms with E-state index in [1.807, 2.05) is 0 Å². The zero-order valence-electron chi connectivity index (χ0n) is 10.4. The summed E-state index contributed by atoms with van der Waals surface area (Å²) < 4.78 is 0. The van der Waals surface area contributed by atoms with E-state index in [0.717, 1.165) is 17.8 Å². The predicted octanol–water partition coefficient (Wildman–Crippen LogP) is 4.73. The van der Waals surface area contributed by atoms with E-state index in [1.54, 1.807) is 11.1 Å². The van der Waals surface area contributed by atoms with E-state index in [0.29, 0.717) is 0 Å². The molecule has 0 heteroatoms. The molecule has 0 N–H and O–H groups in total. The van der Waals surface area contributed by atoms with Crippen molar-refractivity contribution < 1.29 is 0 Å². The largest absolute Gasteiger partial charge is 0.0844 e. The Morgan fingerprint density at radius 2 is 2.20 bits per heavy atom. The highest BCUT2D eigenvalue weighted by Gasteiger charge is 2.33. The van der Waals surface area contributed by atoms with Crippen LogP contribution in [0, 0.1) is 17.8 Å². The van der Waals surface area contributed by atoms with Crippen LogP contribution >= 0.6 is 0 Å². The molecule has 0 nitrogen and oxygen atoms in total. The summed E-state index contributed by atoms with van der Waals surface area (Å²) in [6, 6.07) is 0. The lowest BCUT2D eigenvalue weighted by Gasteiger charge is -2.33. The third kappa shape index (κ3) is 2.19. The van der Waals surface area contributed by atoms with Crippen LogP contribution in [0.5, 0.6) is 0 Å². The molecule has 0 saturated heterocycles. The Kier molecular flexibility index (Phi) is 3.33. The average molecular weight is 204 g/mol. The summed E-state index contributed by atoms with van der Waals surface area (Å²) in [5, 5.41) is 0. The van der Waals surface area contributed by atoms with Gasteiger partial charge in [0.1, 0.15) is 0 Å². The predicted molar refractivity (Wildman–Crippen MR) is 66.7 cm³/mol. The molecule has 0 aromatic heterocycles. The fourth-order valence-corrected chi connectivity index (χ4v) is 3.24. The Morgan fingerprint density at radius 3 is 2.93 bits per heavy atom. The van der Waals surface area contributed by atoms with Gasteiger partial charge in [0.15, 0.2) is 0 Å². The van der Waals surface area contributed by atoms with E-state index in [4.69, 9.17) is 0 Å². The van der Waals surface area contributed by atoms with Crippen molar-refractivity contribution in [2.75, 3.05) is 0 Å². The van der Waals surface area contributed by atoms with E-state index >= 15 is 0 Å². The molecule has 0 bridgehead atoms. The molecular formula is C15H24. The highest BCUT2D eigenvalue weighted by Crippen LogP contribution is 2.45. The summed E-state index contributed by atoms with van der Waals surface area (Å²) in [5.41, 5.74) is 3.35. The van der Waals surface area contributed by atoms with Gasteiger partial charge in [-0.1, -0.05) is 37.1 Å². The molecule has 0 aliphatic heterocycles. The van der Waals surface area contributed by atoms with Gasteiger partial charge in [-0.25, -0.2) is 0 Å². The molecule has 1 saturated carbocycles. The maximum Gasteiger partial charge on any atom is -0.00177 e. The molecule has 0 spiro atoms. The molecule has 0 heterocycles. The molecule has 2 aliphatic rings. The molecule has 84 valence electrons. The molecule has 0 aromatic carbocycles. The van der Waals surface area contributed by atoms with E-state index in [1.165, 1.54) is 32.1 Å². The van der Waals surface area contributed by atoms with Gasteiger partial charge in [-0.3, -0.25) is 0 Å². The summed E-state index contributed by atoms with van der Waals surface area (Å²) >= 11 is 0. The first-order chi connectivity index (χ1) is 7.22. The number of rotatable bonds is 2. The Bertz CT molecular complexity index is 282. The van der Waals surface area contributed by atoms with Crippen molar-refractivity contribution >= 4 is 0 Å². The molecule has 2 rings (SSSR count). The minimum absolute atomic E-state index is 0.786. The molecular weight excluding hydrogens is 180 g/mol. The van der Waals surface area contributed by atoms with Crippen molar-refractivity contribution in [3.63, 3.8) is 0 Å². The summed E-state index contributed by atoms with van der Waals surface area (Å²) in [5.74, 6) is 2.64. The summed E-state index contributed by atoms with van der Waals surface area (Å²) in [6.07, 6.45) is 11.9. The monoisotopic (exact) mass is 204 g/mol. The molecule has 2 aliphatic carbocycles. The van der Waals surface area contributed by atoms with Crippen molar-refractivity contribution in [1.82, 2.24) is 0 Å². The van der Waals surface area contributed by atoms with Crippen LogP contribution in [-0.2, 0) is 0 Å². The third-order valence-corrected chi connectivity index (χ3v) is 4.38. The molecule has 15 heavy (non-hydrogen) atoms. The van der Waals surface area contributed by atoms with Gasteiger partial charge in [0.05, 0.1) is 0 Å². The second-order valence-electron chi connectivity index (χ2n) is 5.42. The van der Waals surface area contributed by atoms with Crippen LogP contribution in [0.1, 0.15) is 52.9 Å². The Morgan fingerprint density at radius 1 is 1.40 bits per heavy atom. The smallest absolute Gasteiger partial charge is 0.00177 e. The lowest BCUT2D eigenvalue weighted by Crippen LogP contribution is -2.22. The number of hydrogen-bond donors (Lipinski definition) is 0. The van der Waals surface area contributed by atoms with Crippen LogP contribution in [0.4, 0.5) is 0 Å². The molecule has 0 radical (unpaired) electrons. The van der Waals surface area contributed by atoms with Crippen LogP contribution in [0.15, 0.2) is 23.3 Å². The van der Waals surface area contributed by atoms with Crippen LogP contribution in [-0.4, -0.2) is 0 Å². The lowest BCUT2D eigenvalue weighted by atomic mass is 9.72. The standard InChI is InChI=1S/C15H24/c1-4-11(2)10-13-9-8-12(3)14-6-5-7-15(13)14/h7,10,12-14H,4-6,8-9H2,1-3H3. The molecule has 0 amide bonds. The average Bonchev–Trinajstić information content (AvgIpc) is 2.71. The zero-order chi connectivity index (χ0) is 10.8. The van der Waals surface area contributed by atoms with Gasteiger partial charge in [0.2, 0.25) is 0 Å². The first kappa shape index (κ1) is 11.0. The van der Waals surface area contributed by atoms with Crippen molar-refractivity contribution in [2.45, 2.75) is 52.9 Å².